The Morgan fingerprint density at radius 1 is 1.32 bits per heavy atom. The van der Waals surface area contributed by atoms with Crippen LogP contribution in [-0.2, 0) is 4.79 Å². The molecular formula is C13H18N4O2. The summed E-state index contributed by atoms with van der Waals surface area (Å²) in [6, 6.07) is 3.50. The van der Waals surface area contributed by atoms with Crippen LogP contribution in [0.25, 0.3) is 0 Å². The molecule has 0 saturated carbocycles. The molecular weight excluding hydrogens is 244 g/mol. The van der Waals surface area contributed by atoms with Gasteiger partial charge in [-0.25, -0.2) is 0 Å². The summed E-state index contributed by atoms with van der Waals surface area (Å²) in [6.07, 6.45) is 2.73. The second-order valence-electron chi connectivity index (χ2n) is 4.94. The molecule has 1 aliphatic rings. The van der Waals surface area contributed by atoms with Crippen molar-refractivity contribution in [1.82, 2.24) is 15.1 Å². The highest BCUT2D eigenvalue weighted by molar-refractivity contribution is 5.91. The first kappa shape index (κ1) is 13.5. The normalized spacial score (nSPS) is 16.2. The number of nitrogens with zero attached hydrogens (tertiary/aromatic N) is 4. The Balaban J connectivity index is 2.03. The lowest BCUT2D eigenvalue weighted by Gasteiger charge is -2.30. The van der Waals surface area contributed by atoms with Crippen LogP contribution in [0.15, 0.2) is 12.1 Å². The van der Waals surface area contributed by atoms with E-state index in [9.17, 15) is 9.59 Å². The van der Waals surface area contributed by atoms with Crippen LogP contribution in [0.1, 0.15) is 23.3 Å². The van der Waals surface area contributed by atoms with Crippen LogP contribution in [0.4, 0.5) is 5.82 Å². The number of carbonyl (C=O) groups excluding carboxylic acids is 2. The molecule has 0 spiro atoms. The van der Waals surface area contributed by atoms with Gasteiger partial charge in [-0.05, 0) is 25.0 Å². The van der Waals surface area contributed by atoms with Crippen molar-refractivity contribution in [3.8, 4) is 0 Å². The van der Waals surface area contributed by atoms with Gasteiger partial charge in [0.2, 0.25) is 0 Å². The van der Waals surface area contributed by atoms with Gasteiger partial charge in [-0.1, -0.05) is 0 Å². The van der Waals surface area contributed by atoms with Crippen molar-refractivity contribution in [2.45, 2.75) is 12.8 Å². The van der Waals surface area contributed by atoms with E-state index >= 15 is 0 Å². The van der Waals surface area contributed by atoms with E-state index in [0.29, 0.717) is 5.69 Å². The van der Waals surface area contributed by atoms with Crippen LogP contribution in [0, 0.1) is 5.92 Å². The molecule has 0 N–H and O–H groups in total. The number of hydrogen-bond acceptors (Lipinski definition) is 5. The summed E-state index contributed by atoms with van der Waals surface area (Å²) in [4.78, 5) is 25.9. The van der Waals surface area contributed by atoms with Gasteiger partial charge in [0.15, 0.2) is 11.5 Å². The Labute approximate surface area is 112 Å². The number of piperidine rings is 1. The van der Waals surface area contributed by atoms with E-state index in [4.69, 9.17) is 0 Å². The van der Waals surface area contributed by atoms with E-state index < -0.39 is 0 Å². The first-order chi connectivity index (χ1) is 9.11. The van der Waals surface area contributed by atoms with Gasteiger partial charge in [0.1, 0.15) is 6.29 Å². The number of rotatable bonds is 3. The highest BCUT2D eigenvalue weighted by atomic mass is 16.2. The zero-order chi connectivity index (χ0) is 13.8. The summed E-state index contributed by atoms with van der Waals surface area (Å²) in [5.41, 5.74) is 0.344. The second kappa shape index (κ2) is 5.77. The molecule has 1 aromatic heterocycles. The van der Waals surface area contributed by atoms with Crippen LogP contribution in [0.5, 0.6) is 0 Å². The van der Waals surface area contributed by atoms with Gasteiger partial charge >= 0.3 is 0 Å². The molecule has 6 nitrogen and oxygen atoms in total. The maximum atomic E-state index is 11.7. The predicted molar refractivity (Wildman–Crippen MR) is 71.1 cm³/mol. The summed E-state index contributed by atoms with van der Waals surface area (Å²) >= 11 is 0. The smallest absolute Gasteiger partial charge is 0.273 e. The average molecular weight is 262 g/mol. The predicted octanol–water partition coefficient (Wildman–Crippen LogP) is 0.594. The zero-order valence-corrected chi connectivity index (χ0v) is 11.2. The van der Waals surface area contributed by atoms with E-state index in [1.54, 1.807) is 20.2 Å². The molecule has 0 unspecified atom stereocenters. The number of aromatic nitrogens is 2. The third-order valence-corrected chi connectivity index (χ3v) is 3.33. The van der Waals surface area contributed by atoms with E-state index in [1.165, 1.54) is 4.90 Å². The second-order valence-corrected chi connectivity index (χ2v) is 4.94. The first-order valence-electron chi connectivity index (χ1n) is 6.37. The molecule has 2 heterocycles. The number of amides is 1. The van der Waals surface area contributed by atoms with Crippen LogP contribution in [0.2, 0.25) is 0 Å². The van der Waals surface area contributed by atoms with E-state index in [0.717, 1.165) is 38.0 Å². The largest absolute Gasteiger partial charge is 0.355 e. The van der Waals surface area contributed by atoms with Crippen LogP contribution < -0.4 is 4.90 Å². The molecule has 0 atom stereocenters. The van der Waals surface area contributed by atoms with Crippen molar-refractivity contribution in [1.29, 1.82) is 0 Å². The van der Waals surface area contributed by atoms with E-state index in [-0.39, 0.29) is 11.8 Å². The Kier molecular flexibility index (Phi) is 4.09. The lowest BCUT2D eigenvalue weighted by molar-refractivity contribution is -0.111. The molecule has 1 amide bonds. The quantitative estimate of drug-likeness (QED) is 0.746. The number of aldehydes is 1. The molecule has 0 radical (unpaired) electrons. The van der Waals surface area contributed by atoms with Gasteiger partial charge in [-0.3, -0.25) is 4.79 Å². The average Bonchev–Trinajstić information content (AvgIpc) is 2.46. The molecule has 0 aromatic carbocycles. The third-order valence-electron chi connectivity index (χ3n) is 3.33. The van der Waals surface area contributed by atoms with Gasteiger partial charge in [0.25, 0.3) is 5.91 Å². The first-order valence-corrected chi connectivity index (χ1v) is 6.37. The SMILES string of the molecule is CN(C)C(=O)c1ccc(N2CCC(C=O)CC2)nn1. The molecule has 1 saturated heterocycles. The van der Waals surface area contributed by atoms with Crippen LogP contribution in [0.3, 0.4) is 0 Å². The Morgan fingerprint density at radius 3 is 2.47 bits per heavy atom. The fourth-order valence-corrected chi connectivity index (χ4v) is 2.10. The Morgan fingerprint density at radius 2 is 2.00 bits per heavy atom. The maximum absolute atomic E-state index is 11.7. The fraction of sp³-hybridized carbons (Fsp3) is 0.538. The summed E-state index contributed by atoms with van der Waals surface area (Å²) in [7, 11) is 3.37. The van der Waals surface area contributed by atoms with Gasteiger partial charge in [0.05, 0.1) is 0 Å². The van der Waals surface area contributed by atoms with Crippen molar-refractivity contribution in [2.24, 2.45) is 5.92 Å². The van der Waals surface area contributed by atoms with E-state index in [2.05, 4.69) is 15.1 Å². The molecule has 1 fully saturated rings. The fourth-order valence-electron chi connectivity index (χ4n) is 2.10. The number of anilines is 1. The lowest BCUT2D eigenvalue weighted by Crippen LogP contribution is -2.35. The molecule has 19 heavy (non-hydrogen) atoms. The molecule has 0 bridgehead atoms. The lowest BCUT2D eigenvalue weighted by atomic mass is 9.99. The minimum atomic E-state index is -0.154. The summed E-state index contributed by atoms with van der Waals surface area (Å²) in [5, 5.41) is 8.06. The van der Waals surface area contributed by atoms with Crippen LogP contribution >= 0.6 is 0 Å². The molecule has 1 aromatic rings. The minimum Gasteiger partial charge on any atom is -0.355 e. The Hall–Kier alpha value is -1.98. The minimum absolute atomic E-state index is 0.154. The van der Waals surface area contributed by atoms with Gasteiger partial charge < -0.3 is 14.6 Å². The summed E-state index contributed by atoms with van der Waals surface area (Å²) < 4.78 is 0. The topological polar surface area (TPSA) is 66.4 Å². The van der Waals surface area contributed by atoms with Crippen molar-refractivity contribution >= 4 is 18.0 Å². The van der Waals surface area contributed by atoms with Crippen molar-refractivity contribution in [3.63, 3.8) is 0 Å². The molecule has 0 aliphatic carbocycles. The van der Waals surface area contributed by atoms with Crippen LogP contribution in [-0.4, -0.2) is 54.5 Å². The monoisotopic (exact) mass is 262 g/mol. The molecule has 1 aliphatic heterocycles. The Bertz CT molecular complexity index is 450. The number of hydrogen-bond donors (Lipinski definition) is 0. The van der Waals surface area contributed by atoms with Gasteiger partial charge in [0, 0.05) is 33.1 Å². The van der Waals surface area contributed by atoms with E-state index in [1.807, 2.05) is 6.07 Å². The summed E-state index contributed by atoms with van der Waals surface area (Å²) in [5.74, 6) is 0.775. The molecule has 102 valence electrons. The summed E-state index contributed by atoms with van der Waals surface area (Å²) in [6.45, 7) is 1.61. The highest BCUT2D eigenvalue weighted by Gasteiger charge is 2.20. The van der Waals surface area contributed by atoms with Gasteiger partial charge in [-0.2, -0.15) is 0 Å². The molecule has 6 heteroatoms. The van der Waals surface area contributed by atoms with Crippen molar-refractivity contribution < 1.29 is 9.59 Å². The number of carbonyl (C=O) groups is 2. The zero-order valence-electron chi connectivity index (χ0n) is 11.2. The standard InChI is InChI=1S/C13H18N4O2/c1-16(2)13(19)11-3-4-12(15-14-11)17-7-5-10(9-18)6-8-17/h3-4,9-10H,5-8H2,1-2H3. The molecule has 2 rings (SSSR count). The van der Waals surface area contributed by atoms with Crippen molar-refractivity contribution in [3.05, 3.63) is 17.8 Å². The van der Waals surface area contributed by atoms with Crippen molar-refractivity contribution in [2.75, 3.05) is 32.1 Å². The third kappa shape index (κ3) is 3.07. The highest BCUT2D eigenvalue weighted by Crippen LogP contribution is 2.20. The maximum Gasteiger partial charge on any atom is 0.273 e. The van der Waals surface area contributed by atoms with Gasteiger partial charge in [-0.15, -0.1) is 10.2 Å².